The van der Waals surface area contributed by atoms with E-state index >= 15 is 0 Å². The van der Waals surface area contributed by atoms with E-state index in [0.29, 0.717) is 12.0 Å². The largest absolute Gasteiger partial charge is 0.368 e. The Bertz CT molecular complexity index is 481. The number of rotatable bonds is 4. The van der Waals surface area contributed by atoms with Gasteiger partial charge in [0.25, 0.3) is 0 Å². The van der Waals surface area contributed by atoms with Crippen molar-refractivity contribution >= 4 is 23.1 Å². The topological polar surface area (TPSA) is 63.8 Å². The van der Waals surface area contributed by atoms with Crippen LogP contribution in [0.25, 0.3) is 0 Å². The van der Waals surface area contributed by atoms with Crippen LogP contribution in [0, 0.1) is 6.92 Å². The number of nitrogen functional groups attached to an aromatic ring is 1. The molecule has 0 aliphatic carbocycles. The summed E-state index contributed by atoms with van der Waals surface area (Å²) in [4.78, 5) is 9.52. The van der Waals surface area contributed by atoms with E-state index in [9.17, 15) is 0 Å². The molecule has 0 fully saturated rings. The van der Waals surface area contributed by atoms with Gasteiger partial charge in [0.1, 0.15) is 5.82 Å². The molecule has 0 aliphatic rings. The number of thiophene rings is 1. The van der Waals surface area contributed by atoms with Gasteiger partial charge in [-0.2, -0.15) is 4.98 Å². The monoisotopic (exact) mass is 248 g/mol. The van der Waals surface area contributed by atoms with E-state index in [1.54, 1.807) is 17.5 Å². The smallest absolute Gasteiger partial charge is 0.221 e. The van der Waals surface area contributed by atoms with Crippen LogP contribution in [0.3, 0.4) is 0 Å². The SMILES string of the molecule is Cc1cnc(N)nc1NC(C)Cc1cccs1. The molecule has 17 heavy (non-hydrogen) atoms. The molecule has 0 spiro atoms. The second-order valence-electron chi connectivity index (χ2n) is 4.09. The molecule has 2 heterocycles. The highest BCUT2D eigenvalue weighted by molar-refractivity contribution is 7.09. The van der Waals surface area contributed by atoms with Gasteiger partial charge in [-0.1, -0.05) is 6.07 Å². The lowest BCUT2D eigenvalue weighted by atomic mass is 10.2. The van der Waals surface area contributed by atoms with E-state index in [0.717, 1.165) is 17.8 Å². The summed E-state index contributed by atoms with van der Waals surface area (Å²) in [5.41, 5.74) is 6.59. The quantitative estimate of drug-likeness (QED) is 0.872. The summed E-state index contributed by atoms with van der Waals surface area (Å²) in [6.07, 6.45) is 2.73. The number of nitrogens with two attached hydrogens (primary N) is 1. The van der Waals surface area contributed by atoms with Crippen LogP contribution < -0.4 is 11.1 Å². The van der Waals surface area contributed by atoms with Gasteiger partial charge in [-0.15, -0.1) is 11.3 Å². The molecule has 1 unspecified atom stereocenters. The summed E-state index contributed by atoms with van der Waals surface area (Å²) in [5, 5.41) is 5.46. The molecule has 0 radical (unpaired) electrons. The summed E-state index contributed by atoms with van der Waals surface area (Å²) in [5.74, 6) is 1.13. The summed E-state index contributed by atoms with van der Waals surface area (Å²) in [6.45, 7) is 4.11. The number of nitrogens with one attached hydrogen (secondary N) is 1. The molecule has 3 N–H and O–H groups in total. The van der Waals surface area contributed by atoms with Gasteiger partial charge in [-0.3, -0.25) is 0 Å². The molecule has 2 aromatic rings. The lowest BCUT2D eigenvalue weighted by molar-refractivity contribution is 0.792. The van der Waals surface area contributed by atoms with Crippen LogP contribution in [-0.4, -0.2) is 16.0 Å². The van der Waals surface area contributed by atoms with Crippen molar-refractivity contribution in [1.82, 2.24) is 9.97 Å². The normalized spacial score (nSPS) is 12.4. The van der Waals surface area contributed by atoms with E-state index in [1.807, 2.05) is 6.92 Å². The first-order valence-corrected chi connectivity index (χ1v) is 6.41. The molecule has 0 saturated heterocycles. The standard InChI is InChI=1S/C12H16N4S/c1-8-7-14-12(13)16-11(8)15-9(2)6-10-4-3-5-17-10/h3-5,7,9H,6H2,1-2H3,(H3,13,14,15,16). The zero-order chi connectivity index (χ0) is 12.3. The number of anilines is 2. The third-order valence-corrected chi connectivity index (χ3v) is 3.36. The van der Waals surface area contributed by atoms with Gasteiger partial charge in [0.15, 0.2) is 0 Å². The number of aryl methyl sites for hydroxylation is 1. The molecule has 2 aromatic heterocycles. The van der Waals surface area contributed by atoms with Gasteiger partial charge in [-0.05, 0) is 25.3 Å². The Morgan fingerprint density at radius 3 is 3.06 bits per heavy atom. The zero-order valence-electron chi connectivity index (χ0n) is 9.97. The lowest BCUT2D eigenvalue weighted by Gasteiger charge is -2.15. The molecular formula is C12H16N4S. The van der Waals surface area contributed by atoms with Crippen molar-refractivity contribution in [2.75, 3.05) is 11.1 Å². The zero-order valence-corrected chi connectivity index (χ0v) is 10.8. The molecular weight excluding hydrogens is 232 g/mol. The second-order valence-corrected chi connectivity index (χ2v) is 5.12. The van der Waals surface area contributed by atoms with Crippen LogP contribution in [0.15, 0.2) is 23.7 Å². The van der Waals surface area contributed by atoms with Gasteiger partial charge in [0, 0.05) is 29.1 Å². The third kappa shape index (κ3) is 3.17. The first kappa shape index (κ1) is 11.9. The van der Waals surface area contributed by atoms with Crippen LogP contribution in [0.1, 0.15) is 17.4 Å². The lowest BCUT2D eigenvalue weighted by Crippen LogP contribution is -2.19. The van der Waals surface area contributed by atoms with Gasteiger partial charge in [0.2, 0.25) is 5.95 Å². The highest BCUT2D eigenvalue weighted by Gasteiger charge is 2.08. The Hall–Kier alpha value is -1.62. The van der Waals surface area contributed by atoms with Crippen LogP contribution >= 0.6 is 11.3 Å². The molecule has 90 valence electrons. The second kappa shape index (κ2) is 5.14. The fourth-order valence-corrected chi connectivity index (χ4v) is 2.45. The summed E-state index contributed by atoms with van der Waals surface area (Å²) >= 11 is 1.77. The average molecular weight is 248 g/mol. The predicted octanol–water partition coefficient (Wildman–Crippen LogP) is 2.47. The first-order valence-electron chi connectivity index (χ1n) is 5.53. The minimum absolute atomic E-state index is 0.307. The van der Waals surface area contributed by atoms with Crippen molar-refractivity contribution in [1.29, 1.82) is 0 Å². The van der Waals surface area contributed by atoms with E-state index in [2.05, 4.69) is 39.7 Å². The fourth-order valence-electron chi connectivity index (χ4n) is 1.62. The van der Waals surface area contributed by atoms with Crippen molar-refractivity contribution in [3.8, 4) is 0 Å². The van der Waals surface area contributed by atoms with E-state index in [4.69, 9.17) is 5.73 Å². The van der Waals surface area contributed by atoms with Gasteiger partial charge in [-0.25, -0.2) is 4.98 Å². The minimum atomic E-state index is 0.307. The number of aromatic nitrogens is 2. The molecule has 0 aliphatic heterocycles. The Morgan fingerprint density at radius 2 is 2.35 bits per heavy atom. The van der Waals surface area contributed by atoms with Crippen molar-refractivity contribution in [3.05, 3.63) is 34.2 Å². The third-order valence-electron chi connectivity index (χ3n) is 2.46. The molecule has 0 bridgehead atoms. The molecule has 0 amide bonds. The minimum Gasteiger partial charge on any atom is -0.368 e. The van der Waals surface area contributed by atoms with Crippen molar-refractivity contribution < 1.29 is 0 Å². The Morgan fingerprint density at radius 1 is 1.53 bits per heavy atom. The number of nitrogens with zero attached hydrogens (tertiary/aromatic N) is 2. The molecule has 4 nitrogen and oxygen atoms in total. The van der Waals surface area contributed by atoms with Gasteiger partial charge < -0.3 is 11.1 Å². The average Bonchev–Trinajstić information content (AvgIpc) is 2.76. The number of hydrogen-bond donors (Lipinski definition) is 2. The predicted molar refractivity (Wildman–Crippen MR) is 72.3 cm³/mol. The van der Waals surface area contributed by atoms with Crippen molar-refractivity contribution in [2.45, 2.75) is 26.3 Å². The Kier molecular flexibility index (Phi) is 3.58. The Balaban J connectivity index is 2.02. The van der Waals surface area contributed by atoms with E-state index in [-0.39, 0.29) is 0 Å². The molecule has 5 heteroatoms. The number of hydrogen-bond acceptors (Lipinski definition) is 5. The fraction of sp³-hybridized carbons (Fsp3) is 0.333. The molecule has 2 rings (SSSR count). The maximum atomic E-state index is 5.58. The first-order chi connectivity index (χ1) is 8.15. The highest BCUT2D eigenvalue weighted by Crippen LogP contribution is 2.16. The van der Waals surface area contributed by atoms with Crippen molar-refractivity contribution in [2.24, 2.45) is 0 Å². The van der Waals surface area contributed by atoms with Crippen LogP contribution in [-0.2, 0) is 6.42 Å². The van der Waals surface area contributed by atoms with Crippen LogP contribution in [0.4, 0.5) is 11.8 Å². The molecule has 1 atom stereocenters. The summed E-state index contributed by atoms with van der Waals surface area (Å²) < 4.78 is 0. The van der Waals surface area contributed by atoms with Gasteiger partial charge in [0.05, 0.1) is 0 Å². The summed E-state index contributed by atoms with van der Waals surface area (Å²) in [6, 6.07) is 4.53. The maximum absolute atomic E-state index is 5.58. The highest BCUT2D eigenvalue weighted by atomic mass is 32.1. The van der Waals surface area contributed by atoms with Crippen molar-refractivity contribution in [3.63, 3.8) is 0 Å². The summed E-state index contributed by atoms with van der Waals surface area (Å²) in [7, 11) is 0. The maximum Gasteiger partial charge on any atom is 0.221 e. The van der Waals surface area contributed by atoms with Crippen LogP contribution in [0.2, 0.25) is 0 Å². The van der Waals surface area contributed by atoms with Crippen LogP contribution in [0.5, 0.6) is 0 Å². The van der Waals surface area contributed by atoms with E-state index < -0.39 is 0 Å². The molecule has 0 aromatic carbocycles. The molecule has 0 saturated carbocycles. The Labute approximate surface area is 105 Å². The van der Waals surface area contributed by atoms with E-state index in [1.165, 1.54) is 4.88 Å². The van der Waals surface area contributed by atoms with Gasteiger partial charge >= 0.3 is 0 Å².